The summed E-state index contributed by atoms with van der Waals surface area (Å²) < 4.78 is 10.9. The Morgan fingerprint density at radius 3 is 2.54 bits per heavy atom. The van der Waals surface area contributed by atoms with Gasteiger partial charge in [0.1, 0.15) is 11.5 Å². The second-order valence-electron chi connectivity index (χ2n) is 5.94. The highest BCUT2D eigenvalue weighted by molar-refractivity contribution is 8.26. The molecule has 1 saturated heterocycles. The number of hydrogen-bond donors (Lipinski definition) is 0. The molecule has 2 aromatic rings. The van der Waals surface area contributed by atoms with Gasteiger partial charge in [0.05, 0.1) is 25.3 Å². The number of hydrazone groups is 1. The van der Waals surface area contributed by atoms with Gasteiger partial charge in [-0.25, -0.2) is 0 Å². The van der Waals surface area contributed by atoms with Crippen molar-refractivity contribution in [1.29, 1.82) is 0 Å². The first kappa shape index (κ1) is 20.1. The molecular formula is C21H20N2O3S2. The molecule has 28 heavy (non-hydrogen) atoms. The summed E-state index contributed by atoms with van der Waals surface area (Å²) in [6.07, 6.45) is 4.37. The first-order chi connectivity index (χ1) is 13.5. The van der Waals surface area contributed by atoms with Crippen molar-refractivity contribution in [3.05, 3.63) is 64.1 Å². The van der Waals surface area contributed by atoms with Crippen molar-refractivity contribution in [1.82, 2.24) is 5.01 Å². The van der Waals surface area contributed by atoms with Gasteiger partial charge in [0.15, 0.2) is 4.32 Å². The van der Waals surface area contributed by atoms with Crippen molar-refractivity contribution < 1.29 is 14.3 Å². The molecule has 1 aliphatic rings. The number of hydrogen-bond acceptors (Lipinski definition) is 6. The molecule has 0 spiro atoms. The minimum atomic E-state index is -0.238. The maximum absolute atomic E-state index is 12.7. The zero-order valence-electron chi connectivity index (χ0n) is 15.8. The average molecular weight is 413 g/mol. The van der Waals surface area contributed by atoms with Crippen LogP contribution >= 0.6 is 24.0 Å². The van der Waals surface area contributed by atoms with Crippen LogP contribution in [-0.2, 0) is 11.2 Å². The zero-order valence-corrected chi connectivity index (χ0v) is 17.5. The average Bonchev–Trinajstić information content (AvgIpc) is 2.99. The van der Waals surface area contributed by atoms with Gasteiger partial charge >= 0.3 is 0 Å². The maximum atomic E-state index is 12.7. The van der Waals surface area contributed by atoms with Gasteiger partial charge in [-0.05, 0) is 48.0 Å². The van der Waals surface area contributed by atoms with Gasteiger partial charge in [-0.3, -0.25) is 4.79 Å². The number of ether oxygens (including phenoxy) is 2. The Morgan fingerprint density at radius 2 is 1.89 bits per heavy atom. The van der Waals surface area contributed by atoms with E-state index >= 15 is 0 Å². The molecule has 0 aliphatic carbocycles. The highest BCUT2D eigenvalue weighted by Crippen LogP contribution is 2.33. The normalized spacial score (nSPS) is 15.7. The summed E-state index contributed by atoms with van der Waals surface area (Å²) in [5.41, 5.74) is 2.93. The number of amides is 1. The fourth-order valence-electron chi connectivity index (χ4n) is 2.60. The van der Waals surface area contributed by atoms with E-state index < -0.39 is 0 Å². The predicted molar refractivity (Wildman–Crippen MR) is 118 cm³/mol. The van der Waals surface area contributed by atoms with E-state index in [0.29, 0.717) is 20.7 Å². The molecule has 1 amide bonds. The molecule has 144 valence electrons. The Labute approximate surface area is 174 Å². The van der Waals surface area contributed by atoms with Crippen LogP contribution in [0.2, 0.25) is 0 Å². The first-order valence-corrected chi connectivity index (χ1v) is 9.91. The number of nitrogens with zero attached hydrogens (tertiary/aromatic N) is 2. The summed E-state index contributed by atoms with van der Waals surface area (Å²) in [4.78, 5) is 13.3. The molecule has 0 unspecified atom stereocenters. The fourth-order valence-corrected chi connectivity index (χ4v) is 3.78. The number of benzene rings is 2. The molecule has 2 aromatic carbocycles. The Hall–Kier alpha value is -2.64. The van der Waals surface area contributed by atoms with Gasteiger partial charge in [-0.2, -0.15) is 10.1 Å². The van der Waals surface area contributed by atoms with Gasteiger partial charge in [-0.15, -0.1) is 0 Å². The molecule has 0 radical (unpaired) electrons. The monoisotopic (exact) mass is 412 g/mol. The van der Waals surface area contributed by atoms with E-state index in [4.69, 9.17) is 21.7 Å². The lowest BCUT2D eigenvalue weighted by Gasteiger charge is -2.09. The Morgan fingerprint density at radius 1 is 1.14 bits per heavy atom. The molecular weight excluding hydrogens is 392 g/mol. The molecule has 1 aliphatic heterocycles. The van der Waals surface area contributed by atoms with Gasteiger partial charge in [-0.1, -0.05) is 43.0 Å². The lowest BCUT2D eigenvalue weighted by atomic mass is 10.1. The van der Waals surface area contributed by atoms with Crippen molar-refractivity contribution in [2.75, 3.05) is 14.2 Å². The van der Waals surface area contributed by atoms with Crippen molar-refractivity contribution in [3.63, 3.8) is 0 Å². The molecule has 0 aromatic heterocycles. The number of carbonyl (C=O) groups excluding carboxylic acids is 1. The standard InChI is InChI=1S/C21H20N2O3S2/c1-4-14-5-7-15(8-6-14)11-19-20(24)23(21(27)28-19)22-13-16-9-10-17(25-2)12-18(16)26-3/h5-13H,4H2,1-3H3/b19-11+,22-13+. The molecule has 0 N–H and O–H groups in total. The smallest absolute Gasteiger partial charge is 0.286 e. The number of thiocarbonyl (C=S) groups is 1. The van der Waals surface area contributed by atoms with Gasteiger partial charge in [0.25, 0.3) is 5.91 Å². The van der Waals surface area contributed by atoms with Crippen molar-refractivity contribution in [3.8, 4) is 11.5 Å². The highest BCUT2D eigenvalue weighted by Gasteiger charge is 2.32. The van der Waals surface area contributed by atoms with Crippen LogP contribution in [0.15, 0.2) is 52.5 Å². The topological polar surface area (TPSA) is 51.1 Å². The Balaban J connectivity index is 1.80. The van der Waals surface area contributed by atoms with Gasteiger partial charge < -0.3 is 9.47 Å². The van der Waals surface area contributed by atoms with Crippen LogP contribution in [0.25, 0.3) is 6.08 Å². The van der Waals surface area contributed by atoms with E-state index in [9.17, 15) is 4.79 Å². The minimum Gasteiger partial charge on any atom is -0.497 e. The largest absolute Gasteiger partial charge is 0.497 e. The van der Waals surface area contributed by atoms with Crippen LogP contribution in [0.4, 0.5) is 0 Å². The summed E-state index contributed by atoms with van der Waals surface area (Å²) in [7, 11) is 3.16. The molecule has 1 heterocycles. The van der Waals surface area contributed by atoms with Crippen molar-refractivity contribution in [2.24, 2.45) is 5.10 Å². The van der Waals surface area contributed by atoms with E-state index in [1.54, 1.807) is 32.6 Å². The van der Waals surface area contributed by atoms with E-state index in [2.05, 4.69) is 24.2 Å². The van der Waals surface area contributed by atoms with Crippen LogP contribution in [0, 0.1) is 0 Å². The molecule has 1 fully saturated rings. The van der Waals surface area contributed by atoms with Crippen LogP contribution < -0.4 is 9.47 Å². The summed E-state index contributed by atoms with van der Waals surface area (Å²) in [6, 6.07) is 13.5. The number of methoxy groups -OCH3 is 2. The van der Waals surface area contributed by atoms with Crippen molar-refractivity contribution >= 4 is 46.5 Å². The SMILES string of the molecule is CCc1ccc(/C=C2/SC(=S)N(/N=C/c3ccc(OC)cc3OC)C2=O)cc1. The second kappa shape index (κ2) is 9.03. The molecule has 5 nitrogen and oxygen atoms in total. The van der Waals surface area contributed by atoms with Crippen LogP contribution in [0.1, 0.15) is 23.6 Å². The number of carbonyl (C=O) groups is 1. The highest BCUT2D eigenvalue weighted by atomic mass is 32.2. The Kier molecular flexibility index (Phi) is 6.49. The number of aryl methyl sites for hydroxylation is 1. The third-order valence-electron chi connectivity index (χ3n) is 4.21. The quantitative estimate of drug-likeness (QED) is 0.397. The molecule has 0 bridgehead atoms. The van der Waals surface area contributed by atoms with E-state index in [-0.39, 0.29) is 5.91 Å². The van der Waals surface area contributed by atoms with E-state index in [1.807, 2.05) is 24.3 Å². The molecule has 3 rings (SSSR count). The maximum Gasteiger partial charge on any atom is 0.286 e. The van der Waals surface area contributed by atoms with E-state index in [0.717, 1.165) is 17.5 Å². The fraction of sp³-hybridized carbons (Fsp3) is 0.190. The molecule has 7 heteroatoms. The zero-order chi connectivity index (χ0) is 20.1. The summed E-state index contributed by atoms with van der Waals surface area (Å²) in [6.45, 7) is 2.11. The lowest BCUT2D eigenvalue weighted by Crippen LogP contribution is -2.22. The first-order valence-electron chi connectivity index (χ1n) is 8.68. The minimum absolute atomic E-state index is 0.238. The summed E-state index contributed by atoms with van der Waals surface area (Å²) in [5, 5.41) is 5.51. The van der Waals surface area contributed by atoms with Gasteiger partial charge in [0.2, 0.25) is 0 Å². The predicted octanol–water partition coefficient (Wildman–Crippen LogP) is 4.50. The Bertz CT molecular complexity index is 953. The van der Waals surface area contributed by atoms with Crippen LogP contribution in [0.5, 0.6) is 11.5 Å². The third kappa shape index (κ3) is 4.43. The van der Waals surface area contributed by atoms with E-state index in [1.165, 1.54) is 22.3 Å². The second-order valence-corrected chi connectivity index (χ2v) is 7.62. The number of rotatable bonds is 6. The third-order valence-corrected chi connectivity index (χ3v) is 5.49. The van der Waals surface area contributed by atoms with Crippen molar-refractivity contribution in [2.45, 2.75) is 13.3 Å². The number of thioether (sulfide) groups is 1. The lowest BCUT2D eigenvalue weighted by molar-refractivity contribution is -0.122. The van der Waals surface area contributed by atoms with Crippen LogP contribution in [0.3, 0.4) is 0 Å². The van der Waals surface area contributed by atoms with Gasteiger partial charge in [0, 0.05) is 11.6 Å². The summed E-state index contributed by atoms with van der Waals surface area (Å²) >= 11 is 6.57. The molecule has 0 atom stereocenters. The summed E-state index contributed by atoms with van der Waals surface area (Å²) in [5.74, 6) is 1.04. The molecule has 0 saturated carbocycles. The van der Waals surface area contributed by atoms with Crippen LogP contribution in [-0.4, -0.2) is 35.7 Å².